The van der Waals surface area contributed by atoms with Crippen molar-refractivity contribution in [3.8, 4) is 5.88 Å². The van der Waals surface area contributed by atoms with Crippen LogP contribution < -0.4 is 4.74 Å². The topological polar surface area (TPSA) is 42.4 Å². The first-order valence-corrected chi connectivity index (χ1v) is 5.11. The normalized spacial score (nSPS) is 11.1. The SMILES string of the molecule is OCc1cc2ccccc2c(OCC(F)F)n1. The van der Waals surface area contributed by atoms with Crippen LogP contribution in [0.4, 0.5) is 8.78 Å². The summed E-state index contributed by atoms with van der Waals surface area (Å²) in [6, 6.07) is 8.85. The Balaban J connectivity index is 2.43. The summed E-state index contributed by atoms with van der Waals surface area (Å²) < 4.78 is 29.2. The lowest BCUT2D eigenvalue weighted by Gasteiger charge is -2.09. The summed E-state index contributed by atoms with van der Waals surface area (Å²) >= 11 is 0. The lowest BCUT2D eigenvalue weighted by molar-refractivity contribution is 0.0802. The fourth-order valence-electron chi connectivity index (χ4n) is 1.55. The van der Waals surface area contributed by atoms with E-state index in [-0.39, 0.29) is 12.5 Å². The Kier molecular flexibility index (Phi) is 3.49. The van der Waals surface area contributed by atoms with Crippen LogP contribution in [0.1, 0.15) is 5.69 Å². The van der Waals surface area contributed by atoms with Crippen molar-refractivity contribution in [1.82, 2.24) is 4.98 Å². The van der Waals surface area contributed by atoms with E-state index >= 15 is 0 Å². The molecule has 2 rings (SSSR count). The number of aliphatic hydroxyl groups is 1. The van der Waals surface area contributed by atoms with E-state index in [0.717, 1.165) is 5.39 Å². The third kappa shape index (κ3) is 2.68. The molecule has 2 aromatic rings. The van der Waals surface area contributed by atoms with E-state index in [0.29, 0.717) is 11.1 Å². The zero-order chi connectivity index (χ0) is 12.3. The second-order valence-electron chi connectivity index (χ2n) is 3.50. The number of nitrogens with zero attached hydrogens (tertiary/aromatic N) is 1. The summed E-state index contributed by atoms with van der Waals surface area (Å²) in [5.41, 5.74) is 0.396. The van der Waals surface area contributed by atoms with Gasteiger partial charge in [0.25, 0.3) is 6.43 Å². The van der Waals surface area contributed by atoms with Crippen LogP contribution in [0.25, 0.3) is 10.8 Å². The number of halogens is 2. The Bertz CT molecular complexity index is 517. The fraction of sp³-hybridized carbons (Fsp3) is 0.250. The van der Waals surface area contributed by atoms with Gasteiger partial charge in [-0.3, -0.25) is 0 Å². The number of pyridine rings is 1. The summed E-state index contributed by atoms with van der Waals surface area (Å²) in [7, 11) is 0. The molecule has 0 radical (unpaired) electrons. The Labute approximate surface area is 96.7 Å². The van der Waals surface area contributed by atoms with Crippen LogP contribution in [-0.2, 0) is 6.61 Å². The predicted molar refractivity (Wildman–Crippen MR) is 59.2 cm³/mol. The number of alkyl halides is 2. The van der Waals surface area contributed by atoms with Crippen LogP contribution in [-0.4, -0.2) is 23.1 Å². The van der Waals surface area contributed by atoms with E-state index in [9.17, 15) is 8.78 Å². The maximum absolute atomic E-state index is 12.1. The number of aliphatic hydroxyl groups excluding tert-OH is 1. The van der Waals surface area contributed by atoms with E-state index < -0.39 is 13.0 Å². The number of hydrogen-bond acceptors (Lipinski definition) is 3. The van der Waals surface area contributed by atoms with Crippen LogP contribution >= 0.6 is 0 Å². The van der Waals surface area contributed by atoms with Gasteiger partial charge in [0, 0.05) is 5.39 Å². The van der Waals surface area contributed by atoms with Crippen molar-refractivity contribution in [2.75, 3.05) is 6.61 Å². The van der Waals surface area contributed by atoms with E-state index in [2.05, 4.69) is 4.98 Å². The van der Waals surface area contributed by atoms with Crippen molar-refractivity contribution in [1.29, 1.82) is 0 Å². The Morgan fingerprint density at radius 2 is 2.06 bits per heavy atom. The number of benzene rings is 1. The second kappa shape index (κ2) is 5.05. The van der Waals surface area contributed by atoms with Crippen LogP contribution in [0.3, 0.4) is 0 Å². The molecule has 0 spiro atoms. The molecular weight excluding hydrogens is 228 g/mol. The van der Waals surface area contributed by atoms with Gasteiger partial charge in [-0.1, -0.05) is 18.2 Å². The maximum atomic E-state index is 12.1. The van der Waals surface area contributed by atoms with Gasteiger partial charge in [0.1, 0.15) is 0 Å². The van der Waals surface area contributed by atoms with Gasteiger partial charge < -0.3 is 9.84 Å². The van der Waals surface area contributed by atoms with Crippen molar-refractivity contribution in [2.24, 2.45) is 0 Å². The highest BCUT2D eigenvalue weighted by Gasteiger charge is 2.09. The molecule has 0 amide bonds. The third-order valence-electron chi connectivity index (χ3n) is 2.27. The molecule has 0 bridgehead atoms. The van der Waals surface area contributed by atoms with Crippen molar-refractivity contribution in [3.05, 3.63) is 36.0 Å². The first-order chi connectivity index (χ1) is 8.20. The minimum atomic E-state index is -2.55. The van der Waals surface area contributed by atoms with Crippen LogP contribution in [0, 0.1) is 0 Å². The number of aromatic nitrogens is 1. The standard InChI is InChI=1S/C12H11F2NO2/c13-11(14)7-17-12-10-4-2-1-3-8(10)5-9(6-16)15-12/h1-5,11,16H,6-7H2. The molecule has 3 nitrogen and oxygen atoms in total. The summed E-state index contributed by atoms with van der Waals surface area (Å²) in [5, 5.41) is 10.5. The molecule has 1 aromatic heterocycles. The number of rotatable bonds is 4. The zero-order valence-corrected chi connectivity index (χ0v) is 8.94. The van der Waals surface area contributed by atoms with Crippen molar-refractivity contribution in [3.63, 3.8) is 0 Å². The molecule has 0 aliphatic carbocycles. The highest BCUT2D eigenvalue weighted by Crippen LogP contribution is 2.24. The van der Waals surface area contributed by atoms with Gasteiger partial charge in [0.2, 0.25) is 5.88 Å². The van der Waals surface area contributed by atoms with E-state index in [4.69, 9.17) is 9.84 Å². The molecule has 1 N–H and O–H groups in total. The molecule has 0 atom stereocenters. The van der Waals surface area contributed by atoms with E-state index in [1.165, 1.54) is 0 Å². The molecule has 0 fully saturated rings. The molecule has 0 saturated heterocycles. The highest BCUT2D eigenvalue weighted by molar-refractivity contribution is 5.87. The van der Waals surface area contributed by atoms with Crippen molar-refractivity contribution in [2.45, 2.75) is 13.0 Å². The summed E-state index contributed by atoms with van der Waals surface area (Å²) in [5.74, 6) is 0.132. The molecule has 90 valence electrons. The monoisotopic (exact) mass is 239 g/mol. The minimum absolute atomic E-state index is 0.132. The van der Waals surface area contributed by atoms with Crippen molar-refractivity contribution >= 4 is 10.8 Å². The van der Waals surface area contributed by atoms with Crippen LogP contribution in [0.2, 0.25) is 0 Å². The lowest BCUT2D eigenvalue weighted by atomic mass is 10.1. The Morgan fingerprint density at radius 3 is 2.76 bits per heavy atom. The quantitative estimate of drug-likeness (QED) is 0.890. The van der Waals surface area contributed by atoms with Gasteiger partial charge in [0.15, 0.2) is 6.61 Å². The summed E-state index contributed by atoms with van der Waals surface area (Å²) in [4.78, 5) is 3.99. The fourth-order valence-corrected chi connectivity index (χ4v) is 1.55. The molecule has 0 saturated carbocycles. The largest absolute Gasteiger partial charge is 0.471 e. The third-order valence-corrected chi connectivity index (χ3v) is 2.27. The highest BCUT2D eigenvalue weighted by atomic mass is 19.3. The van der Waals surface area contributed by atoms with Gasteiger partial charge in [-0.15, -0.1) is 0 Å². The Morgan fingerprint density at radius 1 is 1.29 bits per heavy atom. The Hall–Kier alpha value is -1.75. The van der Waals surface area contributed by atoms with Gasteiger partial charge in [-0.25, -0.2) is 13.8 Å². The first-order valence-electron chi connectivity index (χ1n) is 5.11. The molecule has 0 aliphatic heterocycles. The maximum Gasteiger partial charge on any atom is 0.272 e. The van der Waals surface area contributed by atoms with Gasteiger partial charge >= 0.3 is 0 Å². The van der Waals surface area contributed by atoms with Crippen LogP contribution in [0.5, 0.6) is 5.88 Å². The first kappa shape index (κ1) is 11.7. The van der Waals surface area contributed by atoms with E-state index in [1.54, 1.807) is 18.2 Å². The minimum Gasteiger partial charge on any atom is -0.471 e. The van der Waals surface area contributed by atoms with Crippen LogP contribution in [0.15, 0.2) is 30.3 Å². The molecular formula is C12H11F2NO2. The summed E-state index contributed by atoms with van der Waals surface area (Å²) in [6.07, 6.45) is -2.55. The van der Waals surface area contributed by atoms with Gasteiger partial charge in [-0.2, -0.15) is 0 Å². The molecule has 1 heterocycles. The lowest BCUT2D eigenvalue weighted by Crippen LogP contribution is -2.09. The number of fused-ring (bicyclic) bond motifs is 1. The molecule has 5 heteroatoms. The van der Waals surface area contributed by atoms with Gasteiger partial charge in [0.05, 0.1) is 12.3 Å². The average Bonchev–Trinajstić information content (AvgIpc) is 2.35. The number of hydrogen-bond donors (Lipinski definition) is 1. The average molecular weight is 239 g/mol. The molecule has 0 unspecified atom stereocenters. The van der Waals surface area contributed by atoms with E-state index in [1.807, 2.05) is 12.1 Å². The second-order valence-corrected chi connectivity index (χ2v) is 3.50. The molecule has 1 aromatic carbocycles. The van der Waals surface area contributed by atoms with Crippen molar-refractivity contribution < 1.29 is 18.6 Å². The smallest absolute Gasteiger partial charge is 0.272 e. The predicted octanol–water partition coefficient (Wildman–Crippen LogP) is 2.37. The number of ether oxygens (including phenoxy) is 1. The molecule has 17 heavy (non-hydrogen) atoms. The van der Waals surface area contributed by atoms with Gasteiger partial charge in [-0.05, 0) is 17.5 Å². The summed E-state index contributed by atoms with van der Waals surface area (Å²) in [6.45, 7) is -0.957. The zero-order valence-electron chi connectivity index (χ0n) is 8.94. The molecule has 0 aliphatic rings.